The SMILES string of the molecule is CCCCNC(=O)C(c1ccccc1C)N(C(=O)C(CS)NC(=O)OC(C)(C)C)C(C)CCC(C)C. The van der Waals surface area contributed by atoms with Crippen LogP contribution in [0.5, 0.6) is 0 Å². The molecule has 7 nitrogen and oxygen atoms in total. The van der Waals surface area contributed by atoms with Crippen molar-refractivity contribution in [1.29, 1.82) is 0 Å². The van der Waals surface area contributed by atoms with Crippen molar-refractivity contribution in [3.05, 3.63) is 35.4 Å². The van der Waals surface area contributed by atoms with Crippen LogP contribution in [0.3, 0.4) is 0 Å². The molecule has 1 aromatic rings. The van der Waals surface area contributed by atoms with Gasteiger partial charge in [0.05, 0.1) is 0 Å². The molecule has 0 bridgehead atoms. The van der Waals surface area contributed by atoms with E-state index in [-0.39, 0.29) is 23.6 Å². The second-order valence-corrected chi connectivity index (χ2v) is 11.2. The molecule has 0 aliphatic rings. The molecule has 3 amide bonds. The molecule has 0 heterocycles. The van der Waals surface area contributed by atoms with Crippen LogP contribution < -0.4 is 10.6 Å². The van der Waals surface area contributed by atoms with Gasteiger partial charge in [-0.15, -0.1) is 0 Å². The molecule has 0 aliphatic heterocycles. The quantitative estimate of drug-likeness (QED) is 0.239. The molecule has 1 rings (SSSR count). The van der Waals surface area contributed by atoms with Crippen LogP contribution in [0, 0.1) is 12.8 Å². The molecular formula is C28H47N3O4S. The fourth-order valence-electron chi connectivity index (χ4n) is 3.92. The van der Waals surface area contributed by atoms with E-state index >= 15 is 0 Å². The fraction of sp³-hybridized carbons (Fsp3) is 0.679. The Morgan fingerprint density at radius 2 is 1.72 bits per heavy atom. The van der Waals surface area contributed by atoms with Crippen molar-refractivity contribution in [3.8, 4) is 0 Å². The lowest BCUT2D eigenvalue weighted by Crippen LogP contribution is -2.56. The maximum absolute atomic E-state index is 14.0. The third-order valence-corrected chi connectivity index (χ3v) is 6.27. The summed E-state index contributed by atoms with van der Waals surface area (Å²) in [4.78, 5) is 41.9. The minimum absolute atomic E-state index is 0.0728. The number of nitrogens with one attached hydrogen (secondary N) is 2. The van der Waals surface area contributed by atoms with Crippen LogP contribution >= 0.6 is 12.6 Å². The number of alkyl carbamates (subject to hydrolysis) is 1. The van der Waals surface area contributed by atoms with Crippen LogP contribution in [-0.2, 0) is 14.3 Å². The lowest BCUT2D eigenvalue weighted by atomic mass is 9.95. The van der Waals surface area contributed by atoms with E-state index in [2.05, 4.69) is 44.0 Å². The zero-order valence-electron chi connectivity index (χ0n) is 23.4. The van der Waals surface area contributed by atoms with Gasteiger partial charge in [-0.25, -0.2) is 4.79 Å². The highest BCUT2D eigenvalue weighted by Gasteiger charge is 2.38. The lowest BCUT2D eigenvalue weighted by molar-refractivity contribution is -0.144. The first kappa shape index (κ1) is 31.8. The number of hydrogen-bond acceptors (Lipinski definition) is 5. The zero-order chi connectivity index (χ0) is 27.5. The lowest BCUT2D eigenvalue weighted by Gasteiger charge is -2.39. The summed E-state index contributed by atoms with van der Waals surface area (Å²) in [7, 11) is 0. The Morgan fingerprint density at radius 1 is 1.08 bits per heavy atom. The summed E-state index contributed by atoms with van der Waals surface area (Å²) < 4.78 is 5.38. The van der Waals surface area contributed by atoms with Crippen molar-refractivity contribution in [2.45, 2.75) is 105 Å². The van der Waals surface area contributed by atoms with Gasteiger partial charge in [0, 0.05) is 18.3 Å². The number of carbonyl (C=O) groups is 3. The number of nitrogens with zero attached hydrogens (tertiary/aromatic N) is 1. The Morgan fingerprint density at radius 3 is 2.25 bits per heavy atom. The largest absolute Gasteiger partial charge is 0.444 e. The minimum Gasteiger partial charge on any atom is -0.444 e. The summed E-state index contributed by atoms with van der Waals surface area (Å²) in [5.41, 5.74) is 0.984. The third kappa shape index (κ3) is 10.4. The number of rotatable bonds is 13. The summed E-state index contributed by atoms with van der Waals surface area (Å²) in [5, 5.41) is 5.70. The molecule has 0 spiro atoms. The van der Waals surface area contributed by atoms with Crippen LogP contribution in [0.25, 0.3) is 0 Å². The number of amides is 3. The number of thiol groups is 1. The molecule has 0 radical (unpaired) electrons. The first-order valence-electron chi connectivity index (χ1n) is 13.1. The summed E-state index contributed by atoms with van der Waals surface area (Å²) in [5.74, 6) is -0.0624. The molecule has 0 aromatic heterocycles. The Kier molecular flexibility index (Phi) is 13.4. The monoisotopic (exact) mass is 521 g/mol. The van der Waals surface area contributed by atoms with Crippen molar-refractivity contribution >= 4 is 30.5 Å². The molecule has 8 heteroatoms. The molecule has 0 saturated heterocycles. The van der Waals surface area contributed by atoms with Gasteiger partial charge in [-0.2, -0.15) is 12.6 Å². The van der Waals surface area contributed by atoms with Crippen molar-refractivity contribution in [2.24, 2.45) is 5.92 Å². The highest BCUT2D eigenvalue weighted by atomic mass is 32.1. The van der Waals surface area contributed by atoms with Gasteiger partial charge in [0.1, 0.15) is 17.7 Å². The molecule has 3 unspecified atom stereocenters. The zero-order valence-corrected chi connectivity index (χ0v) is 24.3. The van der Waals surface area contributed by atoms with E-state index in [4.69, 9.17) is 4.74 Å². The van der Waals surface area contributed by atoms with E-state index in [1.54, 1.807) is 25.7 Å². The van der Waals surface area contributed by atoms with E-state index < -0.39 is 23.8 Å². The smallest absolute Gasteiger partial charge is 0.408 e. The van der Waals surface area contributed by atoms with Crippen molar-refractivity contribution < 1.29 is 19.1 Å². The number of carbonyl (C=O) groups excluding carboxylic acids is 3. The Bertz CT molecular complexity index is 853. The normalized spacial score (nSPS) is 14.1. The average Bonchev–Trinajstić information content (AvgIpc) is 2.78. The Labute approximate surface area is 223 Å². The van der Waals surface area contributed by atoms with Gasteiger partial charge >= 0.3 is 6.09 Å². The minimum atomic E-state index is -0.945. The molecule has 0 fully saturated rings. The second-order valence-electron chi connectivity index (χ2n) is 10.9. The summed E-state index contributed by atoms with van der Waals surface area (Å²) >= 11 is 4.37. The van der Waals surface area contributed by atoms with Crippen LogP contribution in [0.1, 0.15) is 91.3 Å². The van der Waals surface area contributed by atoms with Crippen LogP contribution in [0.2, 0.25) is 0 Å². The first-order chi connectivity index (χ1) is 16.8. The number of benzene rings is 1. The van der Waals surface area contributed by atoms with Crippen LogP contribution in [0.15, 0.2) is 24.3 Å². The van der Waals surface area contributed by atoms with E-state index in [1.807, 2.05) is 38.1 Å². The van der Waals surface area contributed by atoms with Crippen LogP contribution in [-0.4, -0.2) is 52.8 Å². The number of aryl methyl sites for hydroxylation is 1. The van der Waals surface area contributed by atoms with E-state index in [1.165, 1.54) is 0 Å². The Balaban J connectivity index is 3.48. The van der Waals surface area contributed by atoms with Gasteiger partial charge in [-0.05, 0) is 70.9 Å². The fourth-order valence-corrected chi connectivity index (χ4v) is 4.17. The molecule has 36 heavy (non-hydrogen) atoms. The number of unbranched alkanes of at least 4 members (excludes halogenated alkanes) is 1. The van der Waals surface area contributed by atoms with E-state index in [9.17, 15) is 14.4 Å². The Hall–Kier alpha value is -2.22. The highest BCUT2D eigenvalue weighted by molar-refractivity contribution is 7.80. The number of ether oxygens (including phenoxy) is 1. The van der Waals surface area contributed by atoms with Gasteiger partial charge in [-0.3, -0.25) is 9.59 Å². The van der Waals surface area contributed by atoms with E-state index in [0.29, 0.717) is 12.5 Å². The topological polar surface area (TPSA) is 87.7 Å². The molecule has 0 saturated carbocycles. The van der Waals surface area contributed by atoms with Gasteiger partial charge < -0.3 is 20.3 Å². The molecule has 1 aromatic carbocycles. The van der Waals surface area contributed by atoms with Gasteiger partial charge in [0.15, 0.2) is 0 Å². The maximum Gasteiger partial charge on any atom is 0.408 e. The molecular weight excluding hydrogens is 474 g/mol. The van der Waals surface area contributed by atoms with Crippen LogP contribution in [0.4, 0.5) is 4.79 Å². The van der Waals surface area contributed by atoms with Crippen molar-refractivity contribution in [3.63, 3.8) is 0 Å². The maximum atomic E-state index is 14.0. The predicted molar refractivity (Wildman–Crippen MR) is 149 cm³/mol. The van der Waals surface area contributed by atoms with Crippen molar-refractivity contribution in [2.75, 3.05) is 12.3 Å². The highest BCUT2D eigenvalue weighted by Crippen LogP contribution is 2.29. The summed E-state index contributed by atoms with van der Waals surface area (Å²) in [6, 6.07) is 5.61. The second kappa shape index (κ2) is 15.1. The summed E-state index contributed by atoms with van der Waals surface area (Å²) in [6.07, 6.45) is 2.73. The molecule has 204 valence electrons. The van der Waals surface area contributed by atoms with Crippen molar-refractivity contribution in [1.82, 2.24) is 15.5 Å². The standard InChI is InChI=1S/C28H47N3O4S/c1-9-10-17-29-25(32)24(22-14-12-11-13-20(22)4)31(21(5)16-15-19(2)3)26(33)23(18-36)30-27(34)35-28(6,7)8/h11-14,19,21,23-24,36H,9-10,15-18H2,1-8H3,(H,29,32)(H,30,34). The van der Waals surface area contributed by atoms with Gasteiger partial charge in [-0.1, -0.05) is 51.5 Å². The van der Waals surface area contributed by atoms with E-state index in [0.717, 1.165) is 36.8 Å². The van der Waals surface area contributed by atoms with Gasteiger partial charge in [0.2, 0.25) is 11.8 Å². The number of hydrogen-bond donors (Lipinski definition) is 3. The molecule has 2 N–H and O–H groups in total. The van der Waals surface area contributed by atoms with Gasteiger partial charge in [0.25, 0.3) is 0 Å². The summed E-state index contributed by atoms with van der Waals surface area (Å²) in [6.45, 7) is 16.1. The molecule has 3 atom stereocenters. The predicted octanol–water partition coefficient (Wildman–Crippen LogP) is 5.43. The third-order valence-electron chi connectivity index (χ3n) is 5.90. The first-order valence-corrected chi connectivity index (χ1v) is 13.7. The average molecular weight is 522 g/mol. The molecule has 0 aliphatic carbocycles.